The van der Waals surface area contributed by atoms with Gasteiger partial charge in [0.15, 0.2) is 0 Å². The van der Waals surface area contributed by atoms with Gasteiger partial charge in [0.2, 0.25) is 0 Å². The van der Waals surface area contributed by atoms with Crippen LogP contribution in [0.4, 0.5) is 17.6 Å². The first-order valence-corrected chi connectivity index (χ1v) is 8.78. The van der Waals surface area contributed by atoms with Gasteiger partial charge in [0.1, 0.15) is 12.2 Å². The maximum Gasteiger partial charge on any atom is 0.257 e. The summed E-state index contributed by atoms with van der Waals surface area (Å²) in [5.74, 6) is -3.05. The molecular formula is C18H17F4N5O. The number of amides is 1. The molecule has 1 saturated heterocycles. The van der Waals surface area contributed by atoms with Gasteiger partial charge in [0.25, 0.3) is 18.3 Å². The molecule has 148 valence electrons. The second kappa shape index (κ2) is 6.92. The van der Waals surface area contributed by atoms with E-state index in [2.05, 4.69) is 10.1 Å². The fourth-order valence-corrected chi connectivity index (χ4v) is 3.29. The molecule has 0 aromatic carbocycles. The van der Waals surface area contributed by atoms with E-state index in [1.807, 2.05) is 0 Å². The number of fused-ring (bicyclic) bond motifs is 1. The number of hydrogen-bond acceptors (Lipinski definition) is 3. The zero-order chi connectivity index (χ0) is 19.9. The van der Waals surface area contributed by atoms with Gasteiger partial charge in [0.05, 0.1) is 17.4 Å². The van der Waals surface area contributed by atoms with E-state index in [1.54, 1.807) is 22.9 Å². The number of nitrogens with zero attached hydrogens (tertiary/aromatic N) is 5. The van der Waals surface area contributed by atoms with E-state index in [9.17, 15) is 22.4 Å². The maximum atomic E-state index is 13.3. The van der Waals surface area contributed by atoms with Gasteiger partial charge in [0, 0.05) is 49.9 Å². The Labute approximate surface area is 157 Å². The lowest BCUT2D eigenvalue weighted by molar-refractivity contribution is -0.0494. The van der Waals surface area contributed by atoms with Crippen LogP contribution in [0.1, 0.15) is 23.2 Å². The summed E-state index contributed by atoms with van der Waals surface area (Å²) in [6.07, 6.45) is 2.86. The maximum absolute atomic E-state index is 13.3. The van der Waals surface area contributed by atoms with Gasteiger partial charge in [-0.2, -0.15) is 5.10 Å². The fraction of sp³-hybridized carbons (Fsp3) is 0.389. The summed E-state index contributed by atoms with van der Waals surface area (Å²) in [7, 11) is 0. The molecule has 28 heavy (non-hydrogen) atoms. The van der Waals surface area contributed by atoms with Crippen molar-refractivity contribution in [2.75, 3.05) is 13.1 Å². The minimum absolute atomic E-state index is 0.00814. The van der Waals surface area contributed by atoms with Crippen molar-refractivity contribution in [3.63, 3.8) is 0 Å². The molecule has 4 rings (SSSR count). The Hall–Kier alpha value is -2.91. The highest BCUT2D eigenvalue weighted by atomic mass is 19.3. The Bertz CT molecular complexity index is 1000. The molecule has 0 unspecified atom stereocenters. The Morgan fingerprint density at radius 3 is 2.68 bits per heavy atom. The van der Waals surface area contributed by atoms with Gasteiger partial charge in [-0.3, -0.25) is 14.0 Å². The van der Waals surface area contributed by atoms with Gasteiger partial charge in [-0.05, 0) is 12.1 Å². The lowest BCUT2D eigenvalue weighted by Gasteiger charge is -2.31. The molecule has 0 aliphatic carbocycles. The highest BCUT2D eigenvalue weighted by molar-refractivity contribution is 5.97. The number of halogens is 4. The molecule has 0 atom stereocenters. The Balaban J connectivity index is 1.56. The van der Waals surface area contributed by atoms with Crippen LogP contribution >= 0.6 is 0 Å². The molecule has 0 bridgehead atoms. The standard InChI is InChI=1S/C18H17F4N5O/c19-15(20)11-26-10-14(9-24-26)27-4-1-12-7-13(8-23-16(12)27)17(28)25-5-2-18(21,22)3-6-25/h1,4,7-10,15H,2-3,5-6,11H2. The van der Waals surface area contributed by atoms with Crippen LogP contribution in [0.3, 0.4) is 0 Å². The predicted molar refractivity (Wildman–Crippen MR) is 92.9 cm³/mol. The molecule has 4 heterocycles. The Morgan fingerprint density at radius 2 is 1.96 bits per heavy atom. The molecule has 6 nitrogen and oxygen atoms in total. The van der Waals surface area contributed by atoms with Gasteiger partial charge in [-0.25, -0.2) is 22.5 Å². The smallest absolute Gasteiger partial charge is 0.257 e. The summed E-state index contributed by atoms with van der Waals surface area (Å²) >= 11 is 0. The summed E-state index contributed by atoms with van der Waals surface area (Å²) in [6, 6.07) is 3.39. The van der Waals surface area contributed by atoms with E-state index in [0.717, 1.165) is 4.68 Å². The first-order valence-electron chi connectivity index (χ1n) is 8.78. The molecule has 1 aliphatic rings. The number of pyridine rings is 1. The van der Waals surface area contributed by atoms with Crippen LogP contribution in [0.25, 0.3) is 16.7 Å². The highest BCUT2D eigenvalue weighted by Crippen LogP contribution is 2.28. The van der Waals surface area contributed by atoms with Crippen LogP contribution in [-0.4, -0.2) is 55.6 Å². The topological polar surface area (TPSA) is 56.0 Å². The van der Waals surface area contributed by atoms with E-state index in [-0.39, 0.29) is 31.8 Å². The summed E-state index contributed by atoms with van der Waals surface area (Å²) in [5, 5.41) is 4.58. The molecule has 0 radical (unpaired) electrons. The van der Waals surface area contributed by atoms with Crippen molar-refractivity contribution in [2.24, 2.45) is 0 Å². The molecule has 1 amide bonds. The van der Waals surface area contributed by atoms with Crippen molar-refractivity contribution >= 4 is 16.9 Å². The van der Waals surface area contributed by atoms with Crippen LogP contribution in [0.5, 0.6) is 0 Å². The molecule has 0 spiro atoms. The minimum atomic E-state index is -2.72. The zero-order valence-corrected chi connectivity index (χ0v) is 14.7. The quantitative estimate of drug-likeness (QED) is 0.637. The van der Waals surface area contributed by atoms with E-state index < -0.39 is 18.9 Å². The van der Waals surface area contributed by atoms with Gasteiger partial charge in [-0.15, -0.1) is 0 Å². The lowest BCUT2D eigenvalue weighted by Crippen LogP contribution is -2.42. The molecule has 3 aromatic heterocycles. The van der Waals surface area contributed by atoms with Crippen molar-refractivity contribution in [3.05, 3.63) is 42.5 Å². The molecule has 0 saturated carbocycles. The molecule has 1 fully saturated rings. The summed E-state index contributed by atoms with van der Waals surface area (Å²) in [4.78, 5) is 18.3. The van der Waals surface area contributed by atoms with Crippen LogP contribution in [0.15, 0.2) is 36.9 Å². The molecule has 3 aromatic rings. The Kier molecular flexibility index (Phi) is 4.56. The third-order valence-corrected chi connectivity index (χ3v) is 4.78. The zero-order valence-electron chi connectivity index (χ0n) is 14.7. The Morgan fingerprint density at radius 1 is 1.21 bits per heavy atom. The van der Waals surface area contributed by atoms with Crippen molar-refractivity contribution < 1.29 is 22.4 Å². The summed E-state index contributed by atoms with van der Waals surface area (Å²) in [5.41, 5.74) is 1.43. The number of rotatable bonds is 4. The average molecular weight is 395 g/mol. The lowest BCUT2D eigenvalue weighted by atomic mass is 10.1. The van der Waals surface area contributed by atoms with E-state index in [1.165, 1.54) is 23.5 Å². The molecule has 10 heteroatoms. The monoisotopic (exact) mass is 395 g/mol. The fourth-order valence-electron chi connectivity index (χ4n) is 3.29. The van der Waals surface area contributed by atoms with Gasteiger partial charge < -0.3 is 4.90 Å². The van der Waals surface area contributed by atoms with Gasteiger partial charge in [-0.1, -0.05) is 0 Å². The number of carbonyl (C=O) groups is 1. The van der Waals surface area contributed by atoms with Crippen molar-refractivity contribution in [2.45, 2.75) is 31.7 Å². The molecule has 0 N–H and O–H groups in total. The first kappa shape index (κ1) is 18.5. The van der Waals surface area contributed by atoms with E-state index >= 15 is 0 Å². The number of likely N-dealkylation sites (tertiary alicyclic amines) is 1. The average Bonchev–Trinajstić information content (AvgIpc) is 3.26. The normalized spacial score (nSPS) is 16.8. The third-order valence-electron chi connectivity index (χ3n) is 4.78. The summed E-state index contributed by atoms with van der Waals surface area (Å²) in [6.45, 7) is -0.484. The van der Waals surface area contributed by atoms with E-state index in [4.69, 9.17) is 0 Å². The van der Waals surface area contributed by atoms with Crippen molar-refractivity contribution in [1.29, 1.82) is 0 Å². The van der Waals surface area contributed by atoms with Gasteiger partial charge >= 0.3 is 0 Å². The molecule has 1 aliphatic heterocycles. The van der Waals surface area contributed by atoms with Crippen molar-refractivity contribution in [1.82, 2.24) is 24.2 Å². The second-order valence-electron chi connectivity index (χ2n) is 6.78. The van der Waals surface area contributed by atoms with E-state index in [0.29, 0.717) is 22.3 Å². The first-order chi connectivity index (χ1) is 13.3. The van der Waals surface area contributed by atoms with Crippen LogP contribution in [-0.2, 0) is 6.54 Å². The predicted octanol–water partition coefficient (Wildman–Crippen LogP) is 3.36. The summed E-state index contributed by atoms with van der Waals surface area (Å²) < 4.78 is 54.4. The van der Waals surface area contributed by atoms with Crippen molar-refractivity contribution in [3.8, 4) is 5.69 Å². The second-order valence-corrected chi connectivity index (χ2v) is 6.78. The minimum Gasteiger partial charge on any atom is -0.338 e. The number of hydrogen-bond donors (Lipinski definition) is 0. The number of piperidine rings is 1. The number of aromatic nitrogens is 4. The largest absolute Gasteiger partial charge is 0.338 e. The molecular weight excluding hydrogens is 378 g/mol. The SMILES string of the molecule is O=C(c1cnc2c(ccn2-c2cnn(CC(F)F)c2)c1)N1CCC(F)(F)CC1. The van der Waals surface area contributed by atoms with Crippen LogP contribution in [0, 0.1) is 0 Å². The van der Waals surface area contributed by atoms with Crippen LogP contribution in [0.2, 0.25) is 0 Å². The van der Waals surface area contributed by atoms with Crippen LogP contribution < -0.4 is 0 Å². The number of carbonyl (C=O) groups excluding carboxylic acids is 1. The highest BCUT2D eigenvalue weighted by Gasteiger charge is 2.35. The third kappa shape index (κ3) is 3.58. The number of alkyl halides is 4.